The van der Waals surface area contributed by atoms with Crippen molar-refractivity contribution in [3.63, 3.8) is 0 Å². The summed E-state index contributed by atoms with van der Waals surface area (Å²) in [4.78, 5) is 49.7. The highest BCUT2D eigenvalue weighted by Gasteiger charge is 2.28. The van der Waals surface area contributed by atoms with E-state index in [0.717, 1.165) is 0 Å². The van der Waals surface area contributed by atoms with Gasteiger partial charge in [0.15, 0.2) is 5.78 Å². The van der Waals surface area contributed by atoms with Crippen LogP contribution in [0.5, 0.6) is 0 Å². The molecule has 1 aromatic carbocycles. The Kier molecular flexibility index (Phi) is 9.99. The molecular formula is C23H31N3O7. The van der Waals surface area contributed by atoms with Gasteiger partial charge in [-0.15, -0.1) is 0 Å². The number of likely N-dealkylation sites (tertiary alicyclic amines) is 1. The number of carbonyl (C=O) groups is 4. The van der Waals surface area contributed by atoms with Crippen LogP contribution >= 0.6 is 0 Å². The molecule has 0 aliphatic carbocycles. The number of alkyl carbamates (subject to hydrolysis) is 1. The molecule has 0 unspecified atom stereocenters. The van der Waals surface area contributed by atoms with E-state index in [0.29, 0.717) is 43.7 Å². The Labute approximate surface area is 193 Å². The number of hydrogen-bond donors (Lipinski definition) is 2. The zero-order valence-electron chi connectivity index (χ0n) is 19.2. The van der Waals surface area contributed by atoms with Gasteiger partial charge in [0.2, 0.25) is 5.91 Å². The number of rotatable bonds is 9. The Morgan fingerprint density at radius 1 is 1.12 bits per heavy atom. The van der Waals surface area contributed by atoms with E-state index in [-0.39, 0.29) is 36.7 Å². The summed E-state index contributed by atoms with van der Waals surface area (Å²) in [5, 5.41) is 10.1. The van der Waals surface area contributed by atoms with Gasteiger partial charge in [0.25, 0.3) is 0 Å². The first-order chi connectivity index (χ1) is 15.7. The molecular weight excluding hydrogens is 430 g/mol. The Bertz CT molecular complexity index is 861. The third-order valence-corrected chi connectivity index (χ3v) is 5.32. The average Bonchev–Trinajstić information content (AvgIpc) is 2.82. The molecule has 2 rings (SSSR count). The molecule has 1 fully saturated rings. The topological polar surface area (TPSA) is 135 Å². The summed E-state index contributed by atoms with van der Waals surface area (Å²) in [5.74, 6) is -1.28. The van der Waals surface area contributed by atoms with E-state index in [9.17, 15) is 19.2 Å². The summed E-state index contributed by atoms with van der Waals surface area (Å²) < 4.78 is 14.8. The smallest absolute Gasteiger partial charge is 0.412 e. The fourth-order valence-corrected chi connectivity index (χ4v) is 3.47. The minimum Gasteiger partial charge on any atom is -0.464 e. The molecule has 0 bridgehead atoms. The third-order valence-electron chi connectivity index (χ3n) is 5.32. The van der Waals surface area contributed by atoms with Crippen molar-refractivity contribution in [1.82, 2.24) is 10.2 Å². The van der Waals surface area contributed by atoms with Crippen LogP contribution in [0.3, 0.4) is 0 Å². The van der Waals surface area contributed by atoms with Crippen molar-refractivity contribution in [2.45, 2.75) is 39.2 Å². The molecule has 2 N–H and O–H groups in total. The summed E-state index contributed by atoms with van der Waals surface area (Å²) in [6.07, 6.45) is 0.468. The molecule has 1 atom stereocenters. The van der Waals surface area contributed by atoms with Gasteiger partial charge in [-0.2, -0.15) is 0 Å². The number of benzene rings is 1. The highest BCUT2D eigenvalue weighted by Crippen LogP contribution is 2.19. The van der Waals surface area contributed by atoms with Crippen LogP contribution in [0.2, 0.25) is 0 Å². The van der Waals surface area contributed by atoms with E-state index in [1.165, 1.54) is 7.11 Å². The van der Waals surface area contributed by atoms with Crippen molar-refractivity contribution in [1.29, 1.82) is 5.41 Å². The molecule has 0 spiro atoms. The van der Waals surface area contributed by atoms with Gasteiger partial charge in [-0.3, -0.25) is 20.3 Å². The second-order valence-corrected chi connectivity index (χ2v) is 7.74. The first kappa shape index (κ1) is 26.0. The Morgan fingerprint density at radius 2 is 1.73 bits per heavy atom. The van der Waals surface area contributed by atoms with Gasteiger partial charge in [0.05, 0.1) is 19.8 Å². The number of nitrogens with zero attached hydrogens (tertiary/aromatic N) is 1. The average molecular weight is 462 g/mol. The van der Waals surface area contributed by atoms with Crippen LogP contribution in [0, 0.1) is 11.3 Å². The lowest BCUT2D eigenvalue weighted by Crippen LogP contribution is -2.43. The van der Waals surface area contributed by atoms with Crippen LogP contribution in [0.25, 0.3) is 0 Å². The maximum Gasteiger partial charge on any atom is 0.412 e. The van der Waals surface area contributed by atoms with Crippen LogP contribution in [0.4, 0.5) is 4.79 Å². The molecule has 10 nitrogen and oxygen atoms in total. The Balaban J connectivity index is 1.81. The Hall–Kier alpha value is -3.27. The number of methoxy groups -OCH3 is 1. The fraction of sp³-hybridized carbons (Fsp3) is 0.522. The normalized spacial score (nSPS) is 14.8. The van der Waals surface area contributed by atoms with E-state index in [4.69, 9.17) is 14.9 Å². The minimum absolute atomic E-state index is 0.0648. The minimum atomic E-state index is -0.748. The van der Waals surface area contributed by atoms with E-state index in [2.05, 4.69) is 10.1 Å². The number of amidine groups is 1. The zero-order valence-corrected chi connectivity index (χ0v) is 19.2. The maximum absolute atomic E-state index is 12.8. The number of nitrogens with one attached hydrogen (secondary N) is 2. The number of Topliss-reactive ketones (excluding diaryl/α,β-unsaturated/α-hetero) is 1. The molecule has 0 saturated carbocycles. The van der Waals surface area contributed by atoms with Crippen LogP contribution in [-0.2, 0) is 23.8 Å². The summed E-state index contributed by atoms with van der Waals surface area (Å²) in [6, 6.07) is 6.24. The number of piperidine rings is 1. The van der Waals surface area contributed by atoms with Crippen molar-refractivity contribution >= 4 is 29.6 Å². The molecule has 2 amide bonds. The van der Waals surface area contributed by atoms with Crippen LogP contribution < -0.4 is 5.32 Å². The summed E-state index contributed by atoms with van der Waals surface area (Å²) in [5.41, 5.74) is 0.851. The lowest BCUT2D eigenvalue weighted by Gasteiger charge is -2.33. The highest BCUT2D eigenvalue weighted by molar-refractivity contribution is 6.05. The molecule has 1 saturated heterocycles. The fourth-order valence-electron chi connectivity index (χ4n) is 3.47. The van der Waals surface area contributed by atoms with E-state index in [1.54, 1.807) is 43.0 Å². The van der Waals surface area contributed by atoms with Gasteiger partial charge >= 0.3 is 12.1 Å². The molecule has 1 aromatic rings. The van der Waals surface area contributed by atoms with E-state index < -0.39 is 18.0 Å². The van der Waals surface area contributed by atoms with Crippen molar-refractivity contribution in [2.24, 2.45) is 5.92 Å². The first-order valence-electron chi connectivity index (χ1n) is 10.9. The van der Waals surface area contributed by atoms with Gasteiger partial charge in [0, 0.05) is 36.6 Å². The molecule has 180 valence electrons. The quantitative estimate of drug-likeness (QED) is 0.249. The van der Waals surface area contributed by atoms with Crippen LogP contribution in [0.15, 0.2) is 24.3 Å². The third kappa shape index (κ3) is 7.98. The lowest BCUT2D eigenvalue weighted by molar-refractivity contribution is -0.152. The van der Waals surface area contributed by atoms with Gasteiger partial charge in [-0.25, -0.2) is 9.59 Å². The van der Waals surface area contributed by atoms with Crippen molar-refractivity contribution < 1.29 is 33.4 Å². The predicted molar refractivity (Wildman–Crippen MR) is 119 cm³/mol. The van der Waals surface area contributed by atoms with Crippen molar-refractivity contribution in [3.8, 4) is 0 Å². The van der Waals surface area contributed by atoms with Gasteiger partial charge < -0.3 is 19.1 Å². The van der Waals surface area contributed by atoms with E-state index in [1.807, 2.05) is 0 Å². The second kappa shape index (κ2) is 12.7. The van der Waals surface area contributed by atoms with Crippen LogP contribution in [-0.4, -0.2) is 74.0 Å². The first-order valence-corrected chi connectivity index (χ1v) is 10.9. The molecule has 0 aromatic heterocycles. The largest absolute Gasteiger partial charge is 0.464 e. The zero-order chi connectivity index (χ0) is 24.4. The van der Waals surface area contributed by atoms with Gasteiger partial charge in [0.1, 0.15) is 12.4 Å². The number of amides is 2. The van der Waals surface area contributed by atoms with Crippen LogP contribution in [0.1, 0.15) is 49.0 Å². The molecule has 0 radical (unpaired) electrons. The van der Waals surface area contributed by atoms with Gasteiger partial charge in [-0.1, -0.05) is 31.2 Å². The standard InChI is InChI=1S/C23H31N3O7/c1-4-32-20(28)14-33-18-9-11-26(12-10-18)22(29)15(2)13-19(27)16-5-7-17(8-6-16)21(24)25-23(30)31-3/h5-8,15,18H,4,9-14H2,1-3H3,(H2,24,25,30)/t15-/m1/s1. The predicted octanol–water partition coefficient (Wildman–Crippen LogP) is 2.15. The molecule has 1 aliphatic heterocycles. The molecule has 10 heteroatoms. The van der Waals surface area contributed by atoms with Crippen molar-refractivity contribution in [2.75, 3.05) is 33.4 Å². The monoisotopic (exact) mass is 461 g/mol. The number of ketones is 1. The van der Waals surface area contributed by atoms with E-state index >= 15 is 0 Å². The maximum atomic E-state index is 12.8. The second-order valence-electron chi connectivity index (χ2n) is 7.74. The van der Waals surface area contributed by atoms with Gasteiger partial charge in [-0.05, 0) is 19.8 Å². The summed E-state index contributed by atoms with van der Waals surface area (Å²) in [7, 11) is 1.20. The number of esters is 1. The van der Waals surface area contributed by atoms with Crippen molar-refractivity contribution in [3.05, 3.63) is 35.4 Å². The SMILES string of the molecule is CCOC(=O)COC1CCN(C(=O)[C@H](C)CC(=O)c2ccc(C(=N)NC(=O)OC)cc2)CC1. The number of ether oxygens (including phenoxy) is 3. The molecule has 1 aliphatic rings. The molecule has 1 heterocycles. The lowest BCUT2D eigenvalue weighted by atomic mass is 9.96. The summed E-state index contributed by atoms with van der Waals surface area (Å²) >= 11 is 0. The highest BCUT2D eigenvalue weighted by atomic mass is 16.6. The number of hydrogen-bond acceptors (Lipinski definition) is 8. The number of carbonyl (C=O) groups excluding carboxylic acids is 4. The molecule has 33 heavy (non-hydrogen) atoms. The summed E-state index contributed by atoms with van der Waals surface area (Å²) in [6.45, 7) is 4.71. The Morgan fingerprint density at radius 3 is 2.30 bits per heavy atom.